The molecule has 0 unspecified atom stereocenters. The number of thiophene rings is 1. The summed E-state index contributed by atoms with van der Waals surface area (Å²) in [6.45, 7) is 0. The summed E-state index contributed by atoms with van der Waals surface area (Å²) in [6, 6.07) is 12.5. The maximum Gasteiger partial charge on any atom is 0.254 e. The fourth-order valence-electron chi connectivity index (χ4n) is 4.71. The van der Waals surface area contributed by atoms with Gasteiger partial charge in [-0.15, -0.1) is 11.3 Å². The van der Waals surface area contributed by atoms with E-state index in [1.807, 2.05) is 11.4 Å². The minimum atomic E-state index is -0.543. The highest BCUT2D eigenvalue weighted by atomic mass is 32.1. The first-order valence-corrected chi connectivity index (χ1v) is 11.0. The van der Waals surface area contributed by atoms with Crippen LogP contribution in [-0.4, -0.2) is 28.9 Å². The first kappa shape index (κ1) is 19.5. The van der Waals surface area contributed by atoms with Crippen molar-refractivity contribution in [3.05, 3.63) is 58.5 Å². The lowest BCUT2D eigenvalue weighted by Crippen LogP contribution is -2.58. The van der Waals surface area contributed by atoms with Crippen LogP contribution in [-0.2, 0) is 0 Å². The number of fused-ring (bicyclic) bond motifs is 1. The Kier molecular flexibility index (Phi) is 4.63. The highest BCUT2D eigenvalue weighted by molar-refractivity contribution is 7.17. The van der Waals surface area contributed by atoms with E-state index in [9.17, 15) is 9.59 Å². The summed E-state index contributed by atoms with van der Waals surface area (Å²) in [5.41, 5.74) is 7.78. The molecule has 0 aliphatic heterocycles. The Morgan fingerprint density at radius 2 is 2.03 bits per heavy atom. The molecule has 2 aliphatic carbocycles. The number of hydrogen-bond donors (Lipinski definition) is 2. The number of carbonyl (C=O) groups excluding carboxylic acids is 2. The Balaban J connectivity index is 1.17. The molecule has 0 saturated heterocycles. The van der Waals surface area contributed by atoms with Crippen molar-refractivity contribution in [3.63, 3.8) is 0 Å². The SMILES string of the molecule is N#Cc1cccc(C(=O)NC2CC3(C2)CC(Oc2nc4ccsc4cc2C(N)=O)C3)c1. The first-order chi connectivity index (χ1) is 14.9. The number of nitrogens with zero attached hydrogens (tertiary/aromatic N) is 2. The third-order valence-corrected chi connectivity index (χ3v) is 7.07. The van der Waals surface area contributed by atoms with Crippen LogP contribution in [0.4, 0.5) is 0 Å². The average Bonchev–Trinajstić information content (AvgIpc) is 3.17. The summed E-state index contributed by atoms with van der Waals surface area (Å²) in [6.07, 6.45) is 3.52. The van der Waals surface area contributed by atoms with Crippen LogP contribution in [0.5, 0.6) is 5.88 Å². The van der Waals surface area contributed by atoms with Crippen LogP contribution < -0.4 is 15.8 Å². The van der Waals surface area contributed by atoms with Gasteiger partial charge in [0.05, 0.1) is 21.8 Å². The molecule has 2 fully saturated rings. The average molecular weight is 433 g/mol. The van der Waals surface area contributed by atoms with Gasteiger partial charge in [0.1, 0.15) is 11.7 Å². The summed E-state index contributed by atoms with van der Waals surface area (Å²) >= 11 is 1.51. The van der Waals surface area contributed by atoms with Gasteiger partial charge in [0.2, 0.25) is 5.88 Å². The summed E-state index contributed by atoms with van der Waals surface area (Å²) in [7, 11) is 0. The molecule has 0 atom stereocenters. The van der Waals surface area contributed by atoms with Crippen LogP contribution in [0.25, 0.3) is 10.2 Å². The number of benzene rings is 1. The number of rotatable bonds is 5. The van der Waals surface area contributed by atoms with E-state index in [0.717, 1.165) is 35.9 Å². The highest BCUT2D eigenvalue weighted by Gasteiger charge is 2.54. The van der Waals surface area contributed by atoms with Gasteiger partial charge < -0.3 is 15.8 Å². The molecule has 8 heteroatoms. The summed E-state index contributed by atoms with van der Waals surface area (Å²) in [4.78, 5) is 28.7. The summed E-state index contributed by atoms with van der Waals surface area (Å²) in [5.74, 6) is -0.387. The molecule has 2 saturated carbocycles. The molecule has 1 aromatic carbocycles. The van der Waals surface area contributed by atoms with E-state index in [4.69, 9.17) is 15.7 Å². The fraction of sp³-hybridized carbons (Fsp3) is 0.304. The molecule has 156 valence electrons. The zero-order valence-corrected chi connectivity index (χ0v) is 17.4. The molecule has 0 bridgehead atoms. The second kappa shape index (κ2) is 7.36. The molecule has 3 aromatic rings. The van der Waals surface area contributed by atoms with Gasteiger partial charge in [0.25, 0.3) is 11.8 Å². The molecule has 2 amide bonds. The van der Waals surface area contributed by atoms with Crippen LogP contribution in [0.2, 0.25) is 0 Å². The largest absolute Gasteiger partial charge is 0.474 e. The number of nitrogens with one attached hydrogen (secondary N) is 1. The Morgan fingerprint density at radius 3 is 2.77 bits per heavy atom. The zero-order chi connectivity index (χ0) is 21.6. The molecule has 2 heterocycles. The third kappa shape index (κ3) is 3.62. The Morgan fingerprint density at radius 1 is 1.23 bits per heavy atom. The number of pyridine rings is 1. The van der Waals surface area contributed by atoms with E-state index in [2.05, 4.69) is 16.4 Å². The normalized spacial score (nSPS) is 24.1. The second-order valence-electron chi connectivity index (χ2n) is 8.43. The van der Waals surface area contributed by atoms with Gasteiger partial charge in [0, 0.05) is 11.6 Å². The number of nitriles is 1. The number of aromatic nitrogens is 1. The molecule has 2 aliphatic rings. The van der Waals surface area contributed by atoms with Crippen molar-refractivity contribution < 1.29 is 14.3 Å². The predicted octanol–water partition coefficient (Wildman–Crippen LogP) is 3.39. The third-order valence-electron chi connectivity index (χ3n) is 6.21. The van der Waals surface area contributed by atoms with Crippen molar-refractivity contribution in [1.29, 1.82) is 5.26 Å². The minimum absolute atomic E-state index is 0.00866. The molecular formula is C23H20N4O3S. The van der Waals surface area contributed by atoms with Crippen molar-refractivity contribution in [2.75, 3.05) is 0 Å². The monoisotopic (exact) mass is 432 g/mol. The number of carbonyl (C=O) groups is 2. The number of ether oxygens (including phenoxy) is 1. The van der Waals surface area contributed by atoms with Crippen molar-refractivity contribution in [1.82, 2.24) is 10.3 Å². The molecule has 31 heavy (non-hydrogen) atoms. The first-order valence-electron chi connectivity index (χ1n) is 10.1. The minimum Gasteiger partial charge on any atom is -0.474 e. The van der Waals surface area contributed by atoms with E-state index in [0.29, 0.717) is 22.6 Å². The predicted molar refractivity (Wildman–Crippen MR) is 116 cm³/mol. The molecule has 7 nitrogen and oxygen atoms in total. The van der Waals surface area contributed by atoms with Crippen molar-refractivity contribution in [2.24, 2.45) is 11.1 Å². The lowest BCUT2D eigenvalue weighted by Gasteiger charge is -2.57. The van der Waals surface area contributed by atoms with Gasteiger partial charge in [-0.3, -0.25) is 9.59 Å². The van der Waals surface area contributed by atoms with Gasteiger partial charge in [0.15, 0.2) is 0 Å². The van der Waals surface area contributed by atoms with Crippen LogP contribution in [0, 0.1) is 16.7 Å². The molecule has 3 N–H and O–H groups in total. The summed E-state index contributed by atoms with van der Waals surface area (Å²) in [5, 5.41) is 14.0. The number of amides is 2. The van der Waals surface area contributed by atoms with E-state index in [1.54, 1.807) is 30.3 Å². The van der Waals surface area contributed by atoms with Crippen LogP contribution in [0.1, 0.15) is 52.0 Å². The maximum absolute atomic E-state index is 12.4. The fourth-order valence-corrected chi connectivity index (χ4v) is 5.47. The number of nitrogens with two attached hydrogens (primary N) is 1. The topological polar surface area (TPSA) is 118 Å². The van der Waals surface area contributed by atoms with Gasteiger partial charge in [-0.05, 0) is 66.8 Å². The Labute approximate surface area is 182 Å². The van der Waals surface area contributed by atoms with Crippen LogP contribution in [0.3, 0.4) is 0 Å². The van der Waals surface area contributed by atoms with E-state index in [1.165, 1.54) is 11.3 Å². The quantitative estimate of drug-likeness (QED) is 0.641. The molecule has 0 radical (unpaired) electrons. The zero-order valence-electron chi connectivity index (χ0n) is 16.6. The van der Waals surface area contributed by atoms with E-state index >= 15 is 0 Å². The van der Waals surface area contributed by atoms with Gasteiger partial charge >= 0.3 is 0 Å². The van der Waals surface area contributed by atoms with Crippen molar-refractivity contribution in [2.45, 2.75) is 37.8 Å². The second-order valence-corrected chi connectivity index (χ2v) is 9.38. The molecule has 1 spiro atoms. The van der Waals surface area contributed by atoms with Crippen molar-refractivity contribution >= 4 is 33.4 Å². The van der Waals surface area contributed by atoms with Crippen molar-refractivity contribution in [3.8, 4) is 11.9 Å². The lowest BCUT2D eigenvalue weighted by atomic mass is 9.53. The molecule has 2 aromatic heterocycles. The Hall–Kier alpha value is -3.44. The van der Waals surface area contributed by atoms with Gasteiger partial charge in [-0.2, -0.15) is 5.26 Å². The molecular weight excluding hydrogens is 412 g/mol. The van der Waals surface area contributed by atoms with E-state index in [-0.39, 0.29) is 23.5 Å². The smallest absolute Gasteiger partial charge is 0.254 e. The lowest BCUT2D eigenvalue weighted by molar-refractivity contribution is -0.0847. The maximum atomic E-state index is 12.4. The standard InChI is InChI=1S/C23H20N4O3S/c24-12-13-2-1-3-14(6-13)21(29)26-15-8-23(9-15)10-16(11-23)30-22-17(20(25)28)7-19-18(27-22)4-5-31-19/h1-7,15-16H,8-11H2,(H2,25,28)(H,26,29). The summed E-state index contributed by atoms with van der Waals surface area (Å²) < 4.78 is 6.94. The van der Waals surface area contributed by atoms with E-state index < -0.39 is 5.91 Å². The van der Waals surface area contributed by atoms with Gasteiger partial charge in [-0.25, -0.2) is 4.98 Å². The number of primary amides is 1. The van der Waals surface area contributed by atoms with Crippen LogP contribution >= 0.6 is 11.3 Å². The van der Waals surface area contributed by atoms with Gasteiger partial charge in [-0.1, -0.05) is 6.07 Å². The highest BCUT2D eigenvalue weighted by Crippen LogP contribution is 2.56. The molecule has 5 rings (SSSR count). The Bertz CT molecular complexity index is 1230. The number of hydrogen-bond acceptors (Lipinski definition) is 6. The van der Waals surface area contributed by atoms with Crippen LogP contribution in [0.15, 0.2) is 41.8 Å².